The second-order valence-corrected chi connectivity index (χ2v) is 5.79. The van der Waals surface area contributed by atoms with E-state index in [4.69, 9.17) is 27.4 Å². The van der Waals surface area contributed by atoms with Gasteiger partial charge in [-0.3, -0.25) is 0 Å². The molecule has 2 aromatic carbocycles. The Bertz CT molecular complexity index is 632. The zero-order chi connectivity index (χ0) is 15.2. The average Bonchev–Trinajstić information content (AvgIpc) is 2.49. The molecule has 0 atom stereocenters. The van der Waals surface area contributed by atoms with Crippen molar-refractivity contribution in [1.29, 1.82) is 0 Å². The lowest BCUT2D eigenvalue weighted by atomic mass is 10.1. The third-order valence-electron chi connectivity index (χ3n) is 2.98. The smallest absolute Gasteiger partial charge is 0.171 e. The lowest BCUT2D eigenvalue weighted by molar-refractivity contribution is 0.297. The molecule has 0 aliphatic carbocycles. The summed E-state index contributed by atoms with van der Waals surface area (Å²) in [6.45, 7) is 0.525. The largest absolute Gasteiger partial charge is 0.493 e. The maximum Gasteiger partial charge on any atom is 0.171 e. The van der Waals surface area contributed by atoms with Gasteiger partial charge in [0.15, 0.2) is 11.5 Å². The molecule has 2 aromatic rings. The van der Waals surface area contributed by atoms with E-state index in [9.17, 15) is 0 Å². The minimum Gasteiger partial charge on any atom is -0.493 e. The van der Waals surface area contributed by atoms with E-state index in [1.807, 2.05) is 30.3 Å². The third-order valence-corrected chi connectivity index (χ3v) is 3.66. The summed E-state index contributed by atoms with van der Waals surface area (Å²) in [6, 6.07) is 13.8. The van der Waals surface area contributed by atoms with E-state index in [1.165, 1.54) is 5.56 Å². The van der Waals surface area contributed by atoms with E-state index >= 15 is 0 Å². The highest BCUT2D eigenvalue weighted by atomic mass is 79.9. The molecule has 0 unspecified atom stereocenters. The molecule has 0 saturated heterocycles. The van der Waals surface area contributed by atoms with Crippen LogP contribution >= 0.6 is 28.1 Å². The third kappa shape index (κ3) is 4.19. The van der Waals surface area contributed by atoms with Gasteiger partial charge in [0.25, 0.3) is 0 Å². The minimum absolute atomic E-state index is 0.282. The van der Waals surface area contributed by atoms with Gasteiger partial charge in [-0.2, -0.15) is 0 Å². The molecule has 2 N–H and O–H groups in total. The van der Waals surface area contributed by atoms with E-state index in [-0.39, 0.29) is 4.99 Å². The van der Waals surface area contributed by atoms with Gasteiger partial charge >= 0.3 is 0 Å². The van der Waals surface area contributed by atoms with Crippen molar-refractivity contribution in [2.75, 3.05) is 13.7 Å². The molecule has 2 rings (SSSR count). The normalized spacial score (nSPS) is 10.2. The van der Waals surface area contributed by atoms with Gasteiger partial charge in [0, 0.05) is 10.9 Å². The number of thiocarbonyl (C=S) groups is 1. The van der Waals surface area contributed by atoms with Crippen LogP contribution in [0.4, 0.5) is 0 Å². The summed E-state index contributed by atoms with van der Waals surface area (Å²) in [6.07, 6.45) is 0.802. The van der Waals surface area contributed by atoms with Crippen LogP contribution in [0.25, 0.3) is 0 Å². The van der Waals surface area contributed by atoms with Crippen molar-refractivity contribution < 1.29 is 9.47 Å². The van der Waals surface area contributed by atoms with Crippen LogP contribution in [0.1, 0.15) is 11.1 Å². The highest BCUT2D eigenvalue weighted by Gasteiger charge is 2.14. The van der Waals surface area contributed by atoms with E-state index in [1.54, 1.807) is 7.11 Å². The first kappa shape index (κ1) is 15.8. The summed E-state index contributed by atoms with van der Waals surface area (Å²) in [4.78, 5) is 0.282. The Labute approximate surface area is 138 Å². The Kier molecular flexibility index (Phi) is 5.59. The fourth-order valence-electron chi connectivity index (χ4n) is 1.97. The predicted octanol–water partition coefficient (Wildman–Crippen LogP) is 3.71. The Morgan fingerprint density at radius 2 is 1.95 bits per heavy atom. The number of ether oxygens (including phenoxy) is 2. The van der Waals surface area contributed by atoms with Crippen molar-refractivity contribution in [2.24, 2.45) is 5.73 Å². The Balaban J connectivity index is 2.16. The standard InChI is InChI=1S/C16H16BrNO2S/c1-19-14-10-12(17)9-13(16(18)21)15(14)20-8-7-11-5-3-2-4-6-11/h2-6,9-10H,7-8H2,1H3,(H2,18,21). The van der Waals surface area contributed by atoms with Crippen molar-refractivity contribution in [1.82, 2.24) is 0 Å². The van der Waals surface area contributed by atoms with Gasteiger partial charge in [0.05, 0.1) is 19.3 Å². The number of hydrogen-bond acceptors (Lipinski definition) is 3. The zero-order valence-corrected chi connectivity index (χ0v) is 14.0. The second kappa shape index (κ2) is 7.43. The molecular formula is C16H16BrNO2S. The first-order chi connectivity index (χ1) is 10.1. The highest BCUT2D eigenvalue weighted by Crippen LogP contribution is 2.35. The Hall–Kier alpha value is -1.59. The summed E-state index contributed by atoms with van der Waals surface area (Å²) < 4.78 is 12.1. The number of halogens is 1. The first-order valence-electron chi connectivity index (χ1n) is 6.46. The van der Waals surface area contributed by atoms with E-state index in [0.717, 1.165) is 10.9 Å². The SMILES string of the molecule is COc1cc(Br)cc(C(N)=S)c1OCCc1ccccc1. The van der Waals surface area contributed by atoms with Crippen LogP contribution in [0.3, 0.4) is 0 Å². The molecule has 110 valence electrons. The van der Waals surface area contributed by atoms with E-state index in [2.05, 4.69) is 28.1 Å². The molecule has 0 aliphatic rings. The molecule has 0 radical (unpaired) electrons. The lowest BCUT2D eigenvalue weighted by Gasteiger charge is -2.15. The summed E-state index contributed by atoms with van der Waals surface area (Å²) in [5.74, 6) is 1.20. The van der Waals surface area contributed by atoms with Crippen LogP contribution in [0, 0.1) is 0 Å². The van der Waals surface area contributed by atoms with Crippen LogP contribution in [-0.2, 0) is 6.42 Å². The van der Waals surface area contributed by atoms with Crippen molar-refractivity contribution in [3.63, 3.8) is 0 Å². The lowest BCUT2D eigenvalue weighted by Crippen LogP contribution is -2.13. The number of benzene rings is 2. The molecule has 0 saturated carbocycles. The summed E-state index contributed by atoms with van der Waals surface area (Å²) in [7, 11) is 1.59. The topological polar surface area (TPSA) is 44.5 Å². The van der Waals surface area contributed by atoms with Crippen LogP contribution in [-0.4, -0.2) is 18.7 Å². The van der Waals surface area contributed by atoms with Crippen LogP contribution in [0.15, 0.2) is 46.9 Å². The zero-order valence-electron chi connectivity index (χ0n) is 11.6. The van der Waals surface area contributed by atoms with Crippen LogP contribution < -0.4 is 15.2 Å². The van der Waals surface area contributed by atoms with Crippen molar-refractivity contribution in [3.05, 3.63) is 58.1 Å². The van der Waals surface area contributed by atoms with Crippen LogP contribution in [0.2, 0.25) is 0 Å². The minimum atomic E-state index is 0.282. The molecule has 0 heterocycles. The first-order valence-corrected chi connectivity index (χ1v) is 7.66. The molecule has 21 heavy (non-hydrogen) atoms. The van der Waals surface area contributed by atoms with Gasteiger partial charge in [0.1, 0.15) is 4.99 Å². The average molecular weight is 366 g/mol. The highest BCUT2D eigenvalue weighted by molar-refractivity contribution is 9.10. The van der Waals surface area contributed by atoms with E-state index in [0.29, 0.717) is 23.7 Å². The maximum absolute atomic E-state index is 5.87. The van der Waals surface area contributed by atoms with E-state index < -0.39 is 0 Å². The molecule has 3 nitrogen and oxygen atoms in total. The quantitative estimate of drug-likeness (QED) is 0.792. The molecule has 0 aliphatic heterocycles. The molecule has 0 amide bonds. The predicted molar refractivity (Wildman–Crippen MR) is 92.2 cm³/mol. The fourth-order valence-corrected chi connectivity index (χ4v) is 2.56. The van der Waals surface area contributed by atoms with Crippen LogP contribution in [0.5, 0.6) is 11.5 Å². The summed E-state index contributed by atoms with van der Waals surface area (Å²) in [5.41, 5.74) is 7.65. The maximum atomic E-state index is 5.87. The monoisotopic (exact) mass is 365 g/mol. The number of nitrogens with two attached hydrogens (primary N) is 1. The summed E-state index contributed by atoms with van der Waals surface area (Å²) in [5, 5.41) is 0. The number of rotatable bonds is 6. The second-order valence-electron chi connectivity index (χ2n) is 4.43. The van der Waals surface area contributed by atoms with Gasteiger partial charge < -0.3 is 15.2 Å². The number of hydrogen-bond donors (Lipinski definition) is 1. The Morgan fingerprint density at radius 1 is 1.24 bits per heavy atom. The van der Waals surface area contributed by atoms with Gasteiger partial charge in [-0.25, -0.2) is 0 Å². The molecular weight excluding hydrogens is 350 g/mol. The van der Waals surface area contributed by atoms with Gasteiger partial charge in [-0.15, -0.1) is 0 Å². The van der Waals surface area contributed by atoms with Crippen molar-refractivity contribution >= 4 is 33.1 Å². The molecule has 0 fully saturated rings. The fraction of sp³-hybridized carbons (Fsp3) is 0.188. The molecule has 0 bridgehead atoms. The van der Waals surface area contributed by atoms with Crippen molar-refractivity contribution in [2.45, 2.75) is 6.42 Å². The Morgan fingerprint density at radius 3 is 2.57 bits per heavy atom. The molecule has 0 aromatic heterocycles. The van der Waals surface area contributed by atoms with Crippen molar-refractivity contribution in [3.8, 4) is 11.5 Å². The summed E-state index contributed by atoms with van der Waals surface area (Å²) >= 11 is 8.49. The molecule has 0 spiro atoms. The van der Waals surface area contributed by atoms with Gasteiger partial charge in [0.2, 0.25) is 0 Å². The number of methoxy groups -OCH3 is 1. The van der Waals surface area contributed by atoms with Gasteiger partial charge in [-0.05, 0) is 17.7 Å². The molecule has 5 heteroatoms. The van der Waals surface area contributed by atoms with Gasteiger partial charge in [-0.1, -0.05) is 58.5 Å².